The molecule has 0 aromatic heterocycles. The van der Waals surface area contributed by atoms with Gasteiger partial charge < -0.3 is 5.73 Å². The number of halogens is 3. The van der Waals surface area contributed by atoms with E-state index in [2.05, 4.69) is 11.8 Å². The van der Waals surface area contributed by atoms with Crippen LogP contribution in [-0.2, 0) is 0 Å². The third-order valence-corrected chi connectivity index (χ3v) is 4.35. The van der Waals surface area contributed by atoms with Gasteiger partial charge in [-0.05, 0) is 30.5 Å². The molecule has 100 valence electrons. The van der Waals surface area contributed by atoms with Crippen molar-refractivity contribution >= 4 is 23.2 Å². The van der Waals surface area contributed by atoms with Gasteiger partial charge in [0.05, 0.1) is 5.02 Å². The van der Waals surface area contributed by atoms with E-state index in [1.165, 1.54) is 12.1 Å². The highest BCUT2D eigenvalue weighted by molar-refractivity contribution is 6.35. The zero-order chi connectivity index (χ0) is 13.4. The fourth-order valence-corrected chi connectivity index (χ4v) is 2.94. The molecule has 5 heteroatoms. The van der Waals surface area contributed by atoms with Crippen LogP contribution in [0, 0.1) is 11.7 Å². The van der Waals surface area contributed by atoms with Gasteiger partial charge in [0.1, 0.15) is 5.82 Å². The Balaban J connectivity index is 2.24. The standard InChI is InChI=1S/C13H17Cl2FN2/c1-7-5-18(6-13(7)17)8(2)9-3-12(16)11(15)4-10(9)14/h3-4,7-8,13H,5-6,17H2,1-2H3. The molecule has 0 saturated carbocycles. The Bertz CT molecular complexity index is 443. The maximum atomic E-state index is 13.5. The number of likely N-dealkylation sites (tertiary alicyclic amines) is 1. The lowest BCUT2D eigenvalue weighted by atomic mass is 10.1. The molecule has 1 heterocycles. The Morgan fingerprint density at radius 2 is 2.00 bits per heavy atom. The molecule has 0 radical (unpaired) electrons. The van der Waals surface area contributed by atoms with E-state index in [-0.39, 0.29) is 17.1 Å². The van der Waals surface area contributed by atoms with E-state index in [1.807, 2.05) is 6.92 Å². The van der Waals surface area contributed by atoms with Crippen LogP contribution in [0.25, 0.3) is 0 Å². The number of rotatable bonds is 2. The summed E-state index contributed by atoms with van der Waals surface area (Å²) in [6.07, 6.45) is 0. The SMILES string of the molecule is CC1CN(C(C)c2cc(F)c(Cl)cc2Cl)CC1N. The second kappa shape index (κ2) is 5.33. The number of nitrogens with zero attached hydrogens (tertiary/aromatic N) is 1. The van der Waals surface area contributed by atoms with Gasteiger partial charge in [-0.3, -0.25) is 4.90 Å². The molecule has 2 rings (SSSR count). The van der Waals surface area contributed by atoms with E-state index in [1.54, 1.807) is 0 Å². The van der Waals surface area contributed by atoms with Crippen LogP contribution in [0.4, 0.5) is 4.39 Å². The van der Waals surface area contributed by atoms with E-state index in [9.17, 15) is 4.39 Å². The van der Waals surface area contributed by atoms with Crippen LogP contribution in [0.1, 0.15) is 25.5 Å². The molecule has 3 unspecified atom stereocenters. The first-order valence-corrected chi connectivity index (χ1v) is 6.79. The maximum absolute atomic E-state index is 13.5. The van der Waals surface area contributed by atoms with Crippen LogP contribution >= 0.6 is 23.2 Å². The molecule has 0 amide bonds. The first kappa shape index (κ1) is 14.1. The van der Waals surface area contributed by atoms with E-state index in [4.69, 9.17) is 28.9 Å². The van der Waals surface area contributed by atoms with Crippen LogP contribution in [0.3, 0.4) is 0 Å². The van der Waals surface area contributed by atoms with Gasteiger partial charge in [0, 0.05) is 30.2 Å². The van der Waals surface area contributed by atoms with Crippen molar-refractivity contribution < 1.29 is 4.39 Å². The van der Waals surface area contributed by atoms with Gasteiger partial charge in [0.15, 0.2) is 0 Å². The van der Waals surface area contributed by atoms with Crippen molar-refractivity contribution in [3.05, 3.63) is 33.6 Å². The van der Waals surface area contributed by atoms with Crippen molar-refractivity contribution in [3.63, 3.8) is 0 Å². The predicted molar refractivity (Wildman–Crippen MR) is 73.5 cm³/mol. The van der Waals surface area contributed by atoms with Crippen molar-refractivity contribution in [2.24, 2.45) is 11.7 Å². The van der Waals surface area contributed by atoms with E-state index >= 15 is 0 Å². The Morgan fingerprint density at radius 3 is 2.56 bits per heavy atom. The summed E-state index contributed by atoms with van der Waals surface area (Å²) in [5.41, 5.74) is 6.77. The second-order valence-corrected chi connectivity index (χ2v) is 5.87. The molecule has 1 aliphatic heterocycles. The van der Waals surface area contributed by atoms with E-state index < -0.39 is 5.82 Å². The first-order valence-electron chi connectivity index (χ1n) is 6.04. The molecule has 18 heavy (non-hydrogen) atoms. The van der Waals surface area contributed by atoms with Gasteiger partial charge >= 0.3 is 0 Å². The predicted octanol–water partition coefficient (Wildman–Crippen LogP) is 3.47. The number of hydrogen-bond acceptors (Lipinski definition) is 2. The minimum atomic E-state index is -0.431. The van der Waals surface area contributed by atoms with Crippen molar-refractivity contribution in [1.29, 1.82) is 0 Å². The van der Waals surface area contributed by atoms with E-state index in [0.717, 1.165) is 18.7 Å². The van der Waals surface area contributed by atoms with Gasteiger partial charge in [-0.15, -0.1) is 0 Å². The normalized spacial score (nSPS) is 26.6. The Kier molecular flexibility index (Phi) is 4.17. The van der Waals surface area contributed by atoms with Gasteiger partial charge in [0.2, 0.25) is 0 Å². The highest BCUT2D eigenvalue weighted by Crippen LogP contribution is 2.33. The van der Waals surface area contributed by atoms with Gasteiger partial charge in [-0.2, -0.15) is 0 Å². The summed E-state index contributed by atoms with van der Waals surface area (Å²) in [5, 5.41) is 0.560. The van der Waals surface area contributed by atoms with Gasteiger partial charge in [0.25, 0.3) is 0 Å². The number of hydrogen-bond donors (Lipinski definition) is 1. The van der Waals surface area contributed by atoms with Crippen LogP contribution in [0.5, 0.6) is 0 Å². The highest BCUT2D eigenvalue weighted by atomic mass is 35.5. The van der Waals surface area contributed by atoms with Crippen LogP contribution in [-0.4, -0.2) is 24.0 Å². The average Bonchev–Trinajstić information content (AvgIpc) is 2.63. The van der Waals surface area contributed by atoms with Crippen LogP contribution in [0.2, 0.25) is 10.0 Å². The summed E-state index contributed by atoms with van der Waals surface area (Å²) in [6.45, 7) is 5.85. The molecule has 0 spiro atoms. The fourth-order valence-electron chi connectivity index (χ4n) is 2.40. The summed E-state index contributed by atoms with van der Waals surface area (Å²) >= 11 is 11.8. The summed E-state index contributed by atoms with van der Waals surface area (Å²) in [5.74, 6) is 0.0165. The minimum Gasteiger partial charge on any atom is -0.326 e. The number of benzene rings is 1. The summed E-state index contributed by atoms with van der Waals surface area (Å²) in [7, 11) is 0. The molecule has 1 aliphatic rings. The quantitative estimate of drug-likeness (QED) is 0.845. The molecular weight excluding hydrogens is 274 g/mol. The second-order valence-electron chi connectivity index (χ2n) is 5.06. The Morgan fingerprint density at radius 1 is 1.33 bits per heavy atom. The molecular formula is C13H17Cl2FN2. The molecule has 2 N–H and O–H groups in total. The lowest BCUT2D eigenvalue weighted by molar-refractivity contribution is 0.253. The van der Waals surface area contributed by atoms with E-state index in [0.29, 0.717) is 10.9 Å². The maximum Gasteiger partial charge on any atom is 0.142 e. The summed E-state index contributed by atoms with van der Waals surface area (Å²) in [4.78, 5) is 2.23. The van der Waals surface area contributed by atoms with Gasteiger partial charge in [-0.1, -0.05) is 30.1 Å². The van der Waals surface area contributed by atoms with Crippen molar-refractivity contribution in [1.82, 2.24) is 4.90 Å². The summed E-state index contributed by atoms with van der Waals surface area (Å²) in [6, 6.07) is 3.09. The fraction of sp³-hybridized carbons (Fsp3) is 0.538. The zero-order valence-electron chi connectivity index (χ0n) is 10.5. The van der Waals surface area contributed by atoms with Crippen LogP contribution < -0.4 is 5.73 Å². The average molecular weight is 291 g/mol. The topological polar surface area (TPSA) is 29.3 Å². The molecule has 0 bridgehead atoms. The minimum absolute atomic E-state index is 0.0419. The molecule has 0 aliphatic carbocycles. The highest BCUT2D eigenvalue weighted by Gasteiger charge is 2.31. The Labute approximate surface area is 117 Å². The molecule has 2 nitrogen and oxygen atoms in total. The molecule has 1 fully saturated rings. The lowest BCUT2D eigenvalue weighted by Crippen LogP contribution is -2.30. The Hall–Kier alpha value is -0.350. The molecule has 1 aromatic carbocycles. The zero-order valence-corrected chi connectivity index (χ0v) is 12.0. The largest absolute Gasteiger partial charge is 0.326 e. The smallest absolute Gasteiger partial charge is 0.142 e. The molecule has 1 saturated heterocycles. The summed E-state index contributed by atoms with van der Waals surface area (Å²) < 4.78 is 13.5. The van der Waals surface area contributed by atoms with Crippen molar-refractivity contribution in [2.45, 2.75) is 25.9 Å². The lowest BCUT2D eigenvalue weighted by Gasteiger charge is -2.25. The van der Waals surface area contributed by atoms with Crippen molar-refractivity contribution in [3.8, 4) is 0 Å². The van der Waals surface area contributed by atoms with Crippen LogP contribution in [0.15, 0.2) is 12.1 Å². The molecule has 3 atom stereocenters. The monoisotopic (exact) mass is 290 g/mol. The van der Waals surface area contributed by atoms with Crippen molar-refractivity contribution in [2.75, 3.05) is 13.1 Å². The van der Waals surface area contributed by atoms with Gasteiger partial charge in [-0.25, -0.2) is 4.39 Å². The number of nitrogens with two attached hydrogens (primary N) is 1. The molecule has 1 aromatic rings. The third kappa shape index (κ3) is 2.64. The third-order valence-electron chi connectivity index (χ3n) is 3.74. The first-order chi connectivity index (χ1) is 8.40.